The molecule has 0 saturated carbocycles. The molecule has 0 spiro atoms. The Morgan fingerprint density at radius 3 is 2.87 bits per heavy atom. The van der Waals surface area contributed by atoms with Gasteiger partial charge in [0.25, 0.3) is 5.56 Å². The average Bonchev–Trinajstić information content (AvgIpc) is 3.40. The average molecular weight is 416 g/mol. The van der Waals surface area contributed by atoms with E-state index < -0.39 is 0 Å². The smallest absolute Gasteiger partial charge is 0.268 e. The number of anilines is 3. The van der Waals surface area contributed by atoms with Crippen molar-refractivity contribution < 1.29 is 4.42 Å². The van der Waals surface area contributed by atoms with E-state index >= 15 is 0 Å². The predicted molar refractivity (Wildman–Crippen MR) is 119 cm³/mol. The van der Waals surface area contributed by atoms with E-state index in [2.05, 4.69) is 25.8 Å². The second-order valence-electron chi connectivity index (χ2n) is 6.52. The lowest BCUT2D eigenvalue weighted by molar-refractivity contribution is 0.585. The number of nitrogens with zero attached hydrogens (tertiary/aromatic N) is 4. The number of benzene rings is 1. The van der Waals surface area contributed by atoms with Crippen LogP contribution in [0.15, 0.2) is 75.3 Å². The van der Waals surface area contributed by atoms with Crippen molar-refractivity contribution in [2.75, 3.05) is 10.7 Å². The van der Waals surface area contributed by atoms with Crippen LogP contribution in [0.1, 0.15) is 11.1 Å². The minimum Gasteiger partial charge on any atom is -0.449 e. The van der Waals surface area contributed by atoms with Crippen LogP contribution >= 0.6 is 11.3 Å². The summed E-state index contributed by atoms with van der Waals surface area (Å²) in [4.78, 5) is 22.2. The number of aromatic nitrogens is 3. The van der Waals surface area contributed by atoms with Gasteiger partial charge in [-0.15, -0.1) is 0 Å². The number of pyridine rings is 1. The normalized spacial score (nSPS) is 11.5. The monoisotopic (exact) mass is 416 g/mol. The third-order valence-electron chi connectivity index (χ3n) is 4.49. The van der Waals surface area contributed by atoms with Gasteiger partial charge in [0.2, 0.25) is 5.13 Å². The van der Waals surface area contributed by atoms with Crippen molar-refractivity contribution in [1.29, 1.82) is 0 Å². The van der Waals surface area contributed by atoms with Crippen molar-refractivity contribution in [3.05, 3.63) is 82.5 Å². The van der Waals surface area contributed by atoms with Crippen LogP contribution in [0.25, 0.3) is 15.9 Å². The fourth-order valence-electron chi connectivity index (χ4n) is 3.06. The molecule has 8 nitrogen and oxygen atoms in total. The summed E-state index contributed by atoms with van der Waals surface area (Å²) in [6.45, 7) is 1.90. The van der Waals surface area contributed by atoms with E-state index in [0.717, 1.165) is 15.8 Å². The Kier molecular flexibility index (Phi) is 4.49. The van der Waals surface area contributed by atoms with Crippen LogP contribution in [0.3, 0.4) is 0 Å². The third-order valence-corrected chi connectivity index (χ3v) is 5.44. The molecule has 0 radical (unpaired) electrons. The Balaban J connectivity index is 1.54. The van der Waals surface area contributed by atoms with Gasteiger partial charge < -0.3 is 9.73 Å². The maximum absolute atomic E-state index is 13.1. The number of thiazole rings is 1. The van der Waals surface area contributed by atoms with Gasteiger partial charge in [0, 0.05) is 12.3 Å². The first-order valence-electron chi connectivity index (χ1n) is 9.16. The standard InChI is InChI=1S/C21H16N6O2S/c1-13-6-4-10-27-19(13)25-18(24-17-9-5-11-29-17)14(20(27)28)12-22-26-21-23-15-7-2-3-8-16(15)30-21/h2-12,24H,1H3,(H,23,26)/b22-12+. The Bertz CT molecular complexity index is 1400. The number of hydrogen-bond donors (Lipinski definition) is 2. The number of hydrazone groups is 1. The summed E-state index contributed by atoms with van der Waals surface area (Å²) in [5.74, 6) is 0.840. The molecule has 0 saturated heterocycles. The van der Waals surface area contributed by atoms with Crippen LogP contribution in [-0.4, -0.2) is 20.6 Å². The van der Waals surface area contributed by atoms with Crippen LogP contribution < -0.4 is 16.3 Å². The van der Waals surface area contributed by atoms with Crippen LogP contribution in [0.5, 0.6) is 0 Å². The number of furan rings is 1. The molecule has 0 atom stereocenters. The molecule has 0 amide bonds. The minimum absolute atomic E-state index is 0.243. The molecule has 0 bridgehead atoms. The lowest BCUT2D eigenvalue weighted by Crippen LogP contribution is -2.22. The van der Waals surface area contributed by atoms with Crippen LogP contribution in [0.4, 0.5) is 16.8 Å². The molecular weight excluding hydrogens is 400 g/mol. The summed E-state index contributed by atoms with van der Waals surface area (Å²) in [5.41, 5.74) is 5.29. The molecule has 30 heavy (non-hydrogen) atoms. The van der Waals surface area contributed by atoms with Gasteiger partial charge in [-0.25, -0.2) is 9.97 Å². The summed E-state index contributed by atoms with van der Waals surface area (Å²) in [6.07, 6.45) is 4.68. The number of nitrogens with one attached hydrogen (secondary N) is 2. The maximum Gasteiger partial charge on any atom is 0.268 e. The molecule has 0 aliphatic rings. The fraction of sp³-hybridized carbons (Fsp3) is 0.0476. The lowest BCUT2D eigenvalue weighted by atomic mass is 10.2. The summed E-state index contributed by atoms with van der Waals surface area (Å²) in [5, 5.41) is 7.93. The fourth-order valence-corrected chi connectivity index (χ4v) is 3.88. The van der Waals surface area contributed by atoms with E-state index in [1.165, 1.54) is 22.0 Å². The molecule has 1 aromatic carbocycles. The predicted octanol–water partition coefficient (Wildman–Crippen LogP) is 4.40. The first kappa shape index (κ1) is 18.1. The van der Waals surface area contributed by atoms with Gasteiger partial charge in [-0.05, 0) is 36.8 Å². The van der Waals surface area contributed by atoms with Crippen LogP contribution in [0.2, 0.25) is 0 Å². The van der Waals surface area contributed by atoms with Gasteiger partial charge >= 0.3 is 0 Å². The molecule has 5 aromatic rings. The summed E-state index contributed by atoms with van der Waals surface area (Å²) in [7, 11) is 0. The molecule has 0 unspecified atom stereocenters. The molecular formula is C21H16N6O2S. The SMILES string of the molecule is Cc1cccn2c(=O)c(/C=N/Nc3nc4ccccc4s3)c(Nc3ccco3)nc12. The van der Waals surface area contributed by atoms with Gasteiger partial charge in [0.15, 0.2) is 5.88 Å². The number of hydrogen-bond acceptors (Lipinski definition) is 8. The summed E-state index contributed by atoms with van der Waals surface area (Å²) >= 11 is 1.48. The van der Waals surface area contributed by atoms with Crippen molar-refractivity contribution in [2.45, 2.75) is 6.92 Å². The molecule has 9 heteroatoms. The topological polar surface area (TPSA) is 96.8 Å². The molecule has 148 valence electrons. The van der Waals surface area contributed by atoms with Crippen LogP contribution in [-0.2, 0) is 0 Å². The molecule has 0 fully saturated rings. The van der Waals surface area contributed by atoms with Gasteiger partial charge in [-0.2, -0.15) is 5.10 Å². The highest BCUT2D eigenvalue weighted by atomic mass is 32.1. The largest absolute Gasteiger partial charge is 0.449 e. The lowest BCUT2D eigenvalue weighted by Gasteiger charge is -2.10. The molecule has 2 N–H and O–H groups in total. The summed E-state index contributed by atoms with van der Waals surface area (Å²) in [6, 6.07) is 15.1. The van der Waals surface area contributed by atoms with Crippen molar-refractivity contribution in [3.8, 4) is 0 Å². The first-order chi connectivity index (χ1) is 14.7. The second-order valence-corrected chi connectivity index (χ2v) is 7.55. The summed E-state index contributed by atoms with van der Waals surface area (Å²) < 4.78 is 7.91. The zero-order valence-electron chi connectivity index (χ0n) is 15.9. The van der Waals surface area contributed by atoms with E-state index in [9.17, 15) is 4.79 Å². The molecule has 0 aliphatic carbocycles. The van der Waals surface area contributed by atoms with E-state index in [1.807, 2.05) is 43.3 Å². The maximum atomic E-state index is 13.1. The van der Waals surface area contributed by atoms with Crippen molar-refractivity contribution in [1.82, 2.24) is 14.4 Å². The molecule has 4 heterocycles. The highest BCUT2D eigenvalue weighted by molar-refractivity contribution is 7.22. The highest BCUT2D eigenvalue weighted by Gasteiger charge is 2.14. The Morgan fingerprint density at radius 2 is 2.03 bits per heavy atom. The zero-order chi connectivity index (χ0) is 20.5. The Hall–Kier alpha value is -3.98. The van der Waals surface area contributed by atoms with Crippen molar-refractivity contribution in [2.24, 2.45) is 5.10 Å². The van der Waals surface area contributed by atoms with E-state index in [1.54, 1.807) is 24.6 Å². The number of rotatable bonds is 5. The number of para-hydroxylation sites is 1. The van der Waals surface area contributed by atoms with Crippen LogP contribution in [0, 0.1) is 6.92 Å². The second kappa shape index (κ2) is 7.45. The Labute approximate surface area is 174 Å². The third kappa shape index (κ3) is 3.31. The number of aryl methyl sites for hydroxylation is 1. The zero-order valence-corrected chi connectivity index (χ0v) is 16.7. The van der Waals surface area contributed by atoms with E-state index in [4.69, 9.17) is 4.42 Å². The van der Waals surface area contributed by atoms with Gasteiger partial charge in [-0.3, -0.25) is 14.6 Å². The Morgan fingerprint density at radius 1 is 1.13 bits per heavy atom. The van der Waals surface area contributed by atoms with Gasteiger partial charge in [0.1, 0.15) is 17.0 Å². The molecule has 0 aliphatic heterocycles. The van der Waals surface area contributed by atoms with Gasteiger partial charge in [0.05, 0.1) is 22.7 Å². The van der Waals surface area contributed by atoms with E-state index in [-0.39, 0.29) is 5.56 Å². The van der Waals surface area contributed by atoms with Gasteiger partial charge in [-0.1, -0.05) is 29.5 Å². The van der Waals surface area contributed by atoms with Crippen molar-refractivity contribution in [3.63, 3.8) is 0 Å². The molecule has 4 aromatic heterocycles. The number of fused-ring (bicyclic) bond motifs is 2. The molecule has 5 rings (SSSR count). The first-order valence-corrected chi connectivity index (χ1v) is 9.98. The minimum atomic E-state index is -0.243. The van der Waals surface area contributed by atoms with Crippen molar-refractivity contribution >= 4 is 50.2 Å². The highest BCUT2D eigenvalue weighted by Crippen LogP contribution is 2.25. The van der Waals surface area contributed by atoms with E-state index in [0.29, 0.717) is 28.0 Å². The quantitative estimate of drug-likeness (QED) is 0.326.